The molecule has 0 saturated heterocycles. The fourth-order valence-corrected chi connectivity index (χ4v) is 1.93. The van der Waals surface area contributed by atoms with E-state index < -0.39 is 0 Å². The summed E-state index contributed by atoms with van der Waals surface area (Å²) in [6.07, 6.45) is 0. The highest BCUT2D eigenvalue weighted by Crippen LogP contribution is 2.27. The number of halogens is 1. The summed E-state index contributed by atoms with van der Waals surface area (Å²) in [7, 11) is 5.23. The van der Waals surface area contributed by atoms with Crippen LogP contribution in [0.4, 0.5) is 0 Å². The fraction of sp³-hybridized carbons (Fsp3) is 0.333. The predicted molar refractivity (Wildman–Crippen MR) is 72.6 cm³/mol. The predicted octanol–water partition coefficient (Wildman–Crippen LogP) is 1.80. The van der Waals surface area contributed by atoms with Gasteiger partial charge < -0.3 is 9.64 Å². The topological polar surface area (TPSA) is 47.4 Å². The third kappa shape index (κ3) is 2.48. The summed E-state index contributed by atoms with van der Waals surface area (Å²) in [6, 6.07) is 5.82. The van der Waals surface area contributed by atoms with Gasteiger partial charge in [0.2, 0.25) is 5.88 Å². The number of rotatable bonds is 3. The molecule has 1 heterocycles. The molecule has 5 nitrogen and oxygen atoms in total. The third-order valence-corrected chi connectivity index (χ3v) is 3.10. The van der Waals surface area contributed by atoms with Gasteiger partial charge in [0.15, 0.2) is 6.61 Å². The van der Waals surface area contributed by atoms with E-state index >= 15 is 0 Å². The minimum absolute atomic E-state index is 0.00831. The van der Waals surface area contributed by atoms with Gasteiger partial charge >= 0.3 is 0 Å². The third-order valence-electron chi connectivity index (χ3n) is 2.61. The Morgan fingerprint density at radius 1 is 1.50 bits per heavy atom. The van der Waals surface area contributed by atoms with Gasteiger partial charge in [-0.3, -0.25) is 9.48 Å². The summed E-state index contributed by atoms with van der Waals surface area (Å²) >= 11 is 3.41. The Morgan fingerprint density at radius 2 is 2.22 bits per heavy atom. The number of carbonyl (C=O) groups is 1. The van der Waals surface area contributed by atoms with E-state index in [9.17, 15) is 4.79 Å². The lowest BCUT2D eigenvalue weighted by Crippen LogP contribution is -2.27. The van der Waals surface area contributed by atoms with Crippen LogP contribution in [0.15, 0.2) is 22.7 Å². The Kier molecular flexibility index (Phi) is 3.56. The molecule has 96 valence electrons. The van der Waals surface area contributed by atoms with Gasteiger partial charge in [-0.05, 0) is 18.2 Å². The largest absolute Gasteiger partial charge is 0.466 e. The van der Waals surface area contributed by atoms with E-state index in [-0.39, 0.29) is 12.5 Å². The molecular weight excluding hydrogens is 298 g/mol. The summed E-state index contributed by atoms with van der Waals surface area (Å²) in [5.74, 6) is 0.382. The monoisotopic (exact) mass is 311 g/mol. The van der Waals surface area contributed by atoms with Crippen LogP contribution in [0.1, 0.15) is 0 Å². The van der Waals surface area contributed by atoms with E-state index in [0.717, 1.165) is 15.4 Å². The zero-order valence-electron chi connectivity index (χ0n) is 10.5. The molecule has 2 aromatic rings. The summed E-state index contributed by atoms with van der Waals surface area (Å²) in [6.45, 7) is -0.00831. The minimum atomic E-state index is -0.0937. The van der Waals surface area contributed by atoms with Gasteiger partial charge in [-0.25, -0.2) is 0 Å². The van der Waals surface area contributed by atoms with Crippen LogP contribution in [0.25, 0.3) is 10.9 Å². The Labute approximate surface area is 113 Å². The Bertz CT molecular complexity index is 592. The highest BCUT2D eigenvalue weighted by Gasteiger charge is 2.12. The van der Waals surface area contributed by atoms with Gasteiger partial charge in [0, 0.05) is 25.6 Å². The molecule has 18 heavy (non-hydrogen) atoms. The first-order valence-electron chi connectivity index (χ1n) is 5.44. The lowest BCUT2D eigenvalue weighted by molar-refractivity contribution is -0.130. The van der Waals surface area contributed by atoms with E-state index in [2.05, 4.69) is 21.0 Å². The molecule has 2 rings (SSSR count). The van der Waals surface area contributed by atoms with Crippen LogP contribution >= 0.6 is 15.9 Å². The van der Waals surface area contributed by atoms with Crippen molar-refractivity contribution in [2.75, 3.05) is 20.7 Å². The van der Waals surface area contributed by atoms with Gasteiger partial charge in [0.05, 0.1) is 10.9 Å². The molecule has 1 amide bonds. The van der Waals surface area contributed by atoms with Crippen LogP contribution in [-0.2, 0) is 11.8 Å². The van der Waals surface area contributed by atoms with Crippen LogP contribution in [0.2, 0.25) is 0 Å². The van der Waals surface area contributed by atoms with Crippen molar-refractivity contribution < 1.29 is 9.53 Å². The normalized spacial score (nSPS) is 10.7. The lowest BCUT2D eigenvalue weighted by atomic mass is 10.2. The van der Waals surface area contributed by atoms with Crippen LogP contribution in [-0.4, -0.2) is 41.3 Å². The number of benzene rings is 1. The van der Waals surface area contributed by atoms with Crippen molar-refractivity contribution in [1.82, 2.24) is 14.7 Å². The van der Waals surface area contributed by atoms with Crippen LogP contribution in [0.5, 0.6) is 5.88 Å². The molecule has 0 atom stereocenters. The van der Waals surface area contributed by atoms with E-state index in [1.54, 1.807) is 18.8 Å². The Balaban J connectivity index is 2.28. The highest BCUT2D eigenvalue weighted by atomic mass is 79.9. The molecular formula is C12H14BrN3O2. The maximum Gasteiger partial charge on any atom is 0.260 e. The molecule has 0 saturated carbocycles. The molecule has 0 N–H and O–H groups in total. The maximum atomic E-state index is 11.5. The number of nitrogens with zero attached hydrogens (tertiary/aromatic N) is 3. The van der Waals surface area contributed by atoms with Crippen molar-refractivity contribution in [2.24, 2.45) is 7.05 Å². The molecule has 0 radical (unpaired) electrons. The highest BCUT2D eigenvalue weighted by molar-refractivity contribution is 9.10. The molecule has 0 spiro atoms. The average Bonchev–Trinajstić information content (AvgIpc) is 2.62. The molecule has 0 aliphatic heterocycles. The minimum Gasteiger partial charge on any atom is -0.466 e. The Morgan fingerprint density at radius 3 is 2.89 bits per heavy atom. The average molecular weight is 312 g/mol. The van der Waals surface area contributed by atoms with Crippen LogP contribution < -0.4 is 4.74 Å². The van der Waals surface area contributed by atoms with E-state index in [0.29, 0.717) is 5.88 Å². The van der Waals surface area contributed by atoms with E-state index in [1.807, 2.05) is 25.2 Å². The van der Waals surface area contributed by atoms with E-state index in [1.165, 1.54) is 4.90 Å². The van der Waals surface area contributed by atoms with Crippen molar-refractivity contribution in [3.63, 3.8) is 0 Å². The molecule has 0 unspecified atom stereocenters. The zero-order valence-corrected chi connectivity index (χ0v) is 12.1. The number of fused-ring (bicyclic) bond motifs is 1. The number of carbonyl (C=O) groups excluding carboxylic acids is 1. The summed E-state index contributed by atoms with van der Waals surface area (Å²) < 4.78 is 8.16. The second kappa shape index (κ2) is 4.97. The Hall–Kier alpha value is -1.56. The van der Waals surface area contributed by atoms with Crippen LogP contribution in [0, 0.1) is 0 Å². The second-order valence-corrected chi connectivity index (χ2v) is 5.08. The van der Waals surface area contributed by atoms with Crippen molar-refractivity contribution in [2.45, 2.75) is 0 Å². The first-order valence-corrected chi connectivity index (χ1v) is 6.23. The number of likely N-dealkylation sites (N-methyl/N-ethyl adjacent to an activating group) is 1. The quantitative estimate of drug-likeness (QED) is 0.868. The van der Waals surface area contributed by atoms with Gasteiger partial charge in [-0.15, -0.1) is 5.10 Å². The van der Waals surface area contributed by atoms with Gasteiger partial charge in [0.1, 0.15) is 0 Å². The summed E-state index contributed by atoms with van der Waals surface area (Å²) in [5, 5.41) is 5.15. The zero-order chi connectivity index (χ0) is 13.3. The van der Waals surface area contributed by atoms with Crippen molar-refractivity contribution >= 4 is 32.7 Å². The van der Waals surface area contributed by atoms with Crippen molar-refractivity contribution in [3.8, 4) is 5.88 Å². The van der Waals surface area contributed by atoms with Gasteiger partial charge in [0.25, 0.3) is 5.91 Å². The number of aryl methyl sites for hydroxylation is 1. The molecule has 0 bridgehead atoms. The van der Waals surface area contributed by atoms with Crippen molar-refractivity contribution in [3.05, 3.63) is 22.7 Å². The molecule has 0 aliphatic carbocycles. The summed E-state index contributed by atoms with van der Waals surface area (Å²) in [4.78, 5) is 13.0. The van der Waals surface area contributed by atoms with Gasteiger partial charge in [-0.1, -0.05) is 15.9 Å². The SMILES string of the molecule is CN(C)C(=O)COc1nn(C)c2ccc(Br)cc12. The molecule has 1 aromatic carbocycles. The van der Waals surface area contributed by atoms with Crippen LogP contribution in [0.3, 0.4) is 0 Å². The van der Waals surface area contributed by atoms with E-state index in [4.69, 9.17) is 4.74 Å². The van der Waals surface area contributed by atoms with Crippen molar-refractivity contribution in [1.29, 1.82) is 0 Å². The lowest BCUT2D eigenvalue weighted by Gasteiger charge is -2.09. The number of amides is 1. The molecule has 0 aliphatic rings. The number of ether oxygens (including phenoxy) is 1. The molecule has 0 fully saturated rings. The van der Waals surface area contributed by atoms with Gasteiger partial charge in [-0.2, -0.15) is 0 Å². The first-order chi connectivity index (χ1) is 8.49. The first kappa shape index (κ1) is 12.9. The smallest absolute Gasteiger partial charge is 0.260 e. The molecule has 6 heteroatoms. The number of aromatic nitrogens is 2. The standard InChI is InChI=1S/C12H14BrN3O2/c1-15(2)11(17)7-18-12-9-6-8(13)4-5-10(9)16(3)14-12/h4-6H,7H2,1-3H3. The maximum absolute atomic E-state index is 11.5. The number of hydrogen-bond donors (Lipinski definition) is 0. The number of hydrogen-bond acceptors (Lipinski definition) is 3. The summed E-state index contributed by atoms with van der Waals surface area (Å²) in [5.41, 5.74) is 0.963. The fourth-order valence-electron chi connectivity index (χ4n) is 1.57. The second-order valence-electron chi connectivity index (χ2n) is 4.17. The molecule has 1 aromatic heterocycles.